The first kappa shape index (κ1) is 26.5. The summed E-state index contributed by atoms with van der Waals surface area (Å²) in [4.78, 5) is 14.1. The van der Waals surface area contributed by atoms with Gasteiger partial charge in [0.25, 0.3) is 0 Å². The van der Waals surface area contributed by atoms with E-state index in [9.17, 15) is 4.79 Å². The van der Waals surface area contributed by atoms with Gasteiger partial charge in [0.05, 0.1) is 29.4 Å². The van der Waals surface area contributed by atoms with E-state index in [4.69, 9.17) is 14.9 Å². The van der Waals surface area contributed by atoms with Gasteiger partial charge in [-0.2, -0.15) is 10.2 Å². The summed E-state index contributed by atoms with van der Waals surface area (Å²) >= 11 is 7.26. The zero-order chi connectivity index (χ0) is 27.7. The molecule has 0 amide bonds. The predicted octanol–water partition coefficient (Wildman–Crippen LogP) is 7.42. The lowest BCUT2D eigenvalue weighted by molar-refractivity contribution is -0.145. The number of esters is 1. The van der Waals surface area contributed by atoms with Crippen molar-refractivity contribution in [3.8, 4) is 0 Å². The third-order valence-electron chi connectivity index (χ3n) is 7.14. The average Bonchev–Trinajstić information content (AvgIpc) is 3.53. The van der Waals surface area contributed by atoms with Gasteiger partial charge in [-0.1, -0.05) is 92.5 Å². The summed E-state index contributed by atoms with van der Waals surface area (Å²) in [6.07, 6.45) is 0.441. The fourth-order valence-corrected chi connectivity index (χ4v) is 6.29. The van der Waals surface area contributed by atoms with Crippen LogP contribution in [0.1, 0.15) is 24.5 Å². The van der Waals surface area contributed by atoms with Crippen molar-refractivity contribution < 1.29 is 9.53 Å². The summed E-state index contributed by atoms with van der Waals surface area (Å²) in [5.74, 6) is -0.355. The SMILES string of the molecule is CCOC(=O)[C@H]1N(c2ccccc2)N=C(c2cccc(Br)c2)[C@]12CC(c1cccc(Br)c1)=NN2c1ccccc1. The minimum atomic E-state index is -0.998. The maximum absolute atomic E-state index is 14.1. The van der Waals surface area contributed by atoms with Crippen molar-refractivity contribution in [2.75, 3.05) is 16.6 Å². The van der Waals surface area contributed by atoms with Crippen LogP contribution < -0.4 is 10.0 Å². The zero-order valence-electron chi connectivity index (χ0n) is 21.7. The zero-order valence-corrected chi connectivity index (χ0v) is 24.9. The Morgan fingerprint density at radius 3 is 2.05 bits per heavy atom. The molecule has 2 aliphatic heterocycles. The fourth-order valence-electron chi connectivity index (χ4n) is 5.49. The normalized spacial score (nSPS) is 20.0. The van der Waals surface area contributed by atoms with Crippen LogP contribution in [-0.2, 0) is 9.53 Å². The largest absolute Gasteiger partial charge is 0.464 e. The topological polar surface area (TPSA) is 57.5 Å². The van der Waals surface area contributed by atoms with E-state index >= 15 is 0 Å². The lowest BCUT2D eigenvalue weighted by Gasteiger charge is -2.40. The van der Waals surface area contributed by atoms with E-state index in [0.29, 0.717) is 6.42 Å². The van der Waals surface area contributed by atoms with Crippen molar-refractivity contribution >= 4 is 60.6 Å². The average molecular weight is 658 g/mol. The van der Waals surface area contributed by atoms with Crippen molar-refractivity contribution in [1.82, 2.24) is 0 Å². The molecule has 0 fully saturated rings. The molecule has 8 heteroatoms. The highest BCUT2D eigenvalue weighted by atomic mass is 79.9. The second-order valence-corrected chi connectivity index (χ2v) is 11.4. The first-order valence-corrected chi connectivity index (χ1v) is 14.6. The molecule has 6 rings (SSSR count). The lowest BCUT2D eigenvalue weighted by atomic mass is 9.77. The van der Waals surface area contributed by atoms with Gasteiger partial charge in [-0.15, -0.1) is 0 Å². The monoisotopic (exact) mass is 656 g/mol. The van der Waals surface area contributed by atoms with Crippen molar-refractivity contribution in [3.63, 3.8) is 0 Å². The number of rotatable bonds is 6. The number of benzene rings is 4. The first-order chi connectivity index (χ1) is 19.5. The van der Waals surface area contributed by atoms with Gasteiger partial charge in [0.15, 0.2) is 6.04 Å². The number of anilines is 2. The van der Waals surface area contributed by atoms with Crippen LogP contribution in [0.4, 0.5) is 11.4 Å². The summed E-state index contributed by atoms with van der Waals surface area (Å²) < 4.78 is 7.65. The van der Waals surface area contributed by atoms with Crippen LogP contribution in [0.2, 0.25) is 0 Å². The molecular formula is C32H26Br2N4O2. The van der Waals surface area contributed by atoms with Gasteiger partial charge in [-0.3, -0.25) is 0 Å². The third-order valence-corrected chi connectivity index (χ3v) is 8.12. The lowest BCUT2D eigenvalue weighted by Crippen LogP contribution is -2.62. The molecule has 4 aromatic rings. The molecule has 0 aliphatic carbocycles. The minimum Gasteiger partial charge on any atom is -0.464 e. The molecule has 4 aromatic carbocycles. The number of hydrazone groups is 2. The summed E-state index contributed by atoms with van der Waals surface area (Å²) in [6.45, 7) is 2.08. The molecule has 0 bridgehead atoms. The molecule has 6 nitrogen and oxygen atoms in total. The second kappa shape index (κ2) is 11.0. The van der Waals surface area contributed by atoms with E-state index in [1.807, 2.05) is 120 Å². The van der Waals surface area contributed by atoms with Crippen molar-refractivity contribution in [2.24, 2.45) is 10.2 Å². The van der Waals surface area contributed by atoms with Crippen molar-refractivity contribution in [1.29, 1.82) is 0 Å². The van der Waals surface area contributed by atoms with Crippen LogP contribution in [0.3, 0.4) is 0 Å². The standard InChI is InChI=1S/C32H26Br2N4O2/c1-2-40-31(39)30-32(29(23-12-10-14-25(34)20-23)36-37(30)26-15-5-3-6-16-26)21-28(22-11-9-13-24(33)19-22)35-38(32)27-17-7-4-8-18-27/h3-20,30H,2,21H2,1H3/t30-,32-/m1/s1. The number of carbonyl (C=O) groups is 1. The van der Waals surface area contributed by atoms with Crippen LogP contribution >= 0.6 is 31.9 Å². The van der Waals surface area contributed by atoms with Gasteiger partial charge in [0.1, 0.15) is 5.54 Å². The highest BCUT2D eigenvalue weighted by Gasteiger charge is 2.63. The van der Waals surface area contributed by atoms with Gasteiger partial charge in [0, 0.05) is 20.9 Å². The highest BCUT2D eigenvalue weighted by Crippen LogP contribution is 2.47. The number of nitrogens with zero attached hydrogens (tertiary/aromatic N) is 4. The van der Waals surface area contributed by atoms with Crippen LogP contribution in [0.15, 0.2) is 128 Å². The fraction of sp³-hybridized carbons (Fsp3) is 0.156. The van der Waals surface area contributed by atoms with Crippen LogP contribution in [0.25, 0.3) is 0 Å². The highest BCUT2D eigenvalue weighted by molar-refractivity contribution is 9.10. The molecule has 2 aliphatic rings. The van der Waals surface area contributed by atoms with Gasteiger partial charge < -0.3 is 4.74 Å². The molecule has 0 aromatic heterocycles. The molecule has 40 heavy (non-hydrogen) atoms. The van der Waals surface area contributed by atoms with Crippen molar-refractivity contribution in [3.05, 3.63) is 129 Å². The number of hydrogen-bond acceptors (Lipinski definition) is 6. The molecule has 0 radical (unpaired) electrons. The smallest absolute Gasteiger partial charge is 0.333 e. The Balaban J connectivity index is 1.63. The predicted molar refractivity (Wildman–Crippen MR) is 167 cm³/mol. The van der Waals surface area contributed by atoms with Crippen LogP contribution in [-0.4, -0.2) is 35.6 Å². The quantitative estimate of drug-likeness (QED) is 0.203. The first-order valence-electron chi connectivity index (χ1n) is 13.1. The minimum absolute atomic E-state index is 0.255. The maximum Gasteiger partial charge on any atom is 0.333 e. The molecule has 200 valence electrons. The molecule has 0 unspecified atom stereocenters. The number of para-hydroxylation sites is 2. The molecular weight excluding hydrogens is 632 g/mol. The van der Waals surface area contributed by atoms with E-state index in [2.05, 4.69) is 37.9 Å². The van der Waals surface area contributed by atoms with Crippen LogP contribution in [0, 0.1) is 0 Å². The Hall–Kier alpha value is -3.75. The van der Waals surface area contributed by atoms with Crippen molar-refractivity contribution in [2.45, 2.75) is 24.9 Å². The molecule has 1 spiro atoms. The van der Waals surface area contributed by atoms with E-state index in [1.165, 1.54) is 0 Å². The molecule has 0 N–H and O–H groups in total. The second-order valence-electron chi connectivity index (χ2n) is 9.60. The Labute approximate surface area is 250 Å². The molecule has 0 saturated heterocycles. The summed E-state index contributed by atoms with van der Waals surface area (Å²) in [7, 11) is 0. The molecule has 2 atom stereocenters. The Morgan fingerprint density at radius 2 is 1.43 bits per heavy atom. The van der Waals surface area contributed by atoms with Gasteiger partial charge in [0.2, 0.25) is 0 Å². The Bertz CT molecular complexity index is 1610. The van der Waals surface area contributed by atoms with E-state index < -0.39 is 11.6 Å². The summed E-state index contributed by atoms with van der Waals surface area (Å²) in [6, 6.07) is 35.1. The third kappa shape index (κ3) is 4.65. The maximum atomic E-state index is 14.1. The van der Waals surface area contributed by atoms with Gasteiger partial charge >= 0.3 is 5.97 Å². The summed E-state index contributed by atoms with van der Waals surface area (Å²) in [5, 5.41) is 14.2. The van der Waals surface area contributed by atoms with Gasteiger partial charge in [-0.05, 0) is 61.0 Å². The van der Waals surface area contributed by atoms with E-state index in [1.54, 1.807) is 0 Å². The summed E-state index contributed by atoms with van der Waals surface area (Å²) in [5.41, 5.74) is 4.14. The number of hydrogen-bond donors (Lipinski definition) is 0. The molecule has 2 heterocycles. The number of halogens is 2. The van der Waals surface area contributed by atoms with E-state index in [-0.39, 0.29) is 12.6 Å². The Kier molecular flexibility index (Phi) is 7.29. The van der Waals surface area contributed by atoms with E-state index in [0.717, 1.165) is 42.9 Å². The number of carbonyl (C=O) groups excluding carboxylic acids is 1. The molecule has 0 saturated carbocycles. The Morgan fingerprint density at radius 1 is 0.825 bits per heavy atom. The van der Waals surface area contributed by atoms with Gasteiger partial charge in [-0.25, -0.2) is 14.8 Å². The van der Waals surface area contributed by atoms with Crippen LogP contribution in [0.5, 0.6) is 0 Å². The number of ether oxygens (including phenoxy) is 1.